The van der Waals surface area contributed by atoms with Crippen molar-refractivity contribution in [2.45, 2.75) is 18.9 Å². The third-order valence-electron chi connectivity index (χ3n) is 3.11. The molecule has 23 heavy (non-hydrogen) atoms. The molecule has 0 spiro atoms. The summed E-state index contributed by atoms with van der Waals surface area (Å²) in [4.78, 5) is 11.8. The van der Waals surface area contributed by atoms with Gasteiger partial charge in [-0.3, -0.25) is 4.79 Å². The van der Waals surface area contributed by atoms with Gasteiger partial charge >= 0.3 is 6.36 Å². The molecule has 130 valence electrons. The Morgan fingerprint density at radius 1 is 1.39 bits per heavy atom. The maximum Gasteiger partial charge on any atom is 0.573 e. The van der Waals surface area contributed by atoms with Crippen LogP contribution < -0.4 is 15.4 Å². The van der Waals surface area contributed by atoms with E-state index in [-0.39, 0.29) is 37.0 Å². The minimum atomic E-state index is -4.74. The number of hydrogen-bond donors (Lipinski definition) is 2. The van der Waals surface area contributed by atoms with Gasteiger partial charge in [-0.05, 0) is 18.1 Å². The third-order valence-corrected chi connectivity index (χ3v) is 3.11. The first-order valence-electron chi connectivity index (χ1n) is 6.89. The fraction of sp³-hybridized carbons (Fsp3) is 0.500. The molecule has 1 aromatic carbocycles. The van der Waals surface area contributed by atoms with Gasteiger partial charge in [-0.2, -0.15) is 0 Å². The predicted octanol–water partition coefficient (Wildman–Crippen LogP) is 1.65. The molecule has 1 aliphatic rings. The zero-order valence-electron chi connectivity index (χ0n) is 12.2. The molecule has 0 aromatic heterocycles. The van der Waals surface area contributed by atoms with Crippen molar-refractivity contribution in [3.63, 3.8) is 0 Å². The summed E-state index contributed by atoms with van der Waals surface area (Å²) >= 11 is 0. The molecule has 1 aromatic rings. The molecule has 1 saturated heterocycles. The average Bonchev–Trinajstić information content (AvgIpc) is 2.48. The van der Waals surface area contributed by atoms with Gasteiger partial charge in [0.1, 0.15) is 11.9 Å². The predicted molar refractivity (Wildman–Crippen MR) is 79.7 cm³/mol. The van der Waals surface area contributed by atoms with E-state index in [1.807, 2.05) is 0 Å². The number of halogens is 4. The number of morpholine rings is 1. The molecule has 0 bridgehead atoms. The number of alkyl halides is 3. The quantitative estimate of drug-likeness (QED) is 0.844. The molecule has 0 radical (unpaired) electrons. The largest absolute Gasteiger partial charge is 0.573 e. The van der Waals surface area contributed by atoms with E-state index in [9.17, 15) is 18.0 Å². The lowest BCUT2D eigenvalue weighted by atomic mass is 10.1. The molecule has 9 heteroatoms. The van der Waals surface area contributed by atoms with Crippen molar-refractivity contribution in [2.24, 2.45) is 0 Å². The first-order valence-corrected chi connectivity index (χ1v) is 6.89. The van der Waals surface area contributed by atoms with E-state index in [0.717, 1.165) is 0 Å². The van der Waals surface area contributed by atoms with E-state index >= 15 is 0 Å². The molecule has 1 fully saturated rings. The van der Waals surface area contributed by atoms with E-state index in [1.54, 1.807) is 6.07 Å². The first-order chi connectivity index (χ1) is 10.5. The number of amides is 1. The van der Waals surface area contributed by atoms with Gasteiger partial charge < -0.3 is 20.1 Å². The van der Waals surface area contributed by atoms with Crippen LogP contribution in [0.15, 0.2) is 24.3 Å². The number of carbonyl (C=O) groups excluding carboxylic acids is 1. The van der Waals surface area contributed by atoms with Crippen LogP contribution in [-0.4, -0.2) is 44.6 Å². The summed E-state index contributed by atoms with van der Waals surface area (Å²) in [6, 6.07) is 5.87. The molecular weight excluding hydrogens is 337 g/mol. The normalized spacial score (nSPS) is 18.0. The van der Waals surface area contributed by atoms with Crippen LogP contribution in [0.1, 0.15) is 5.56 Å². The van der Waals surface area contributed by atoms with Gasteiger partial charge in [-0.15, -0.1) is 25.6 Å². The Balaban J connectivity index is 0.00000264. The van der Waals surface area contributed by atoms with Crippen LogP contribution in [0.3, 0.4) is 0 Å². The number of carbonyl (C=O) groups is 1. The lowest BCUT2D eigenvalue weighted by Gasteiger charge is -2.22. The van der Waals surface area contributed by atoms with Crippen LogP contribution in [-0.2, 0) is 16.0 Å². The van der Waals surface area contributed by atoms with Crippen molar-refractivity contribution < 1.29 is 27.4 Å². The van der Waals surface area contributed by atoms with Gasteiger partial charge in [0, 0.05) is 19.6 Å². The van der Waals surface area contributed by atoms with E-state index in [2.05, 4.69) is 15.4 Å². The Bertz CT molecular complexity index is 508. The molecule has 1 atom stereocenters. The maximum atomic E-state index is 12.3. The molecule has 2 N–H and O–H groups in total. The molecule has 5 nitrogen and oxygen atoms in total. The van der Waals surface area contributed by atoms with E-state index in [4.69, 9.17) is 4.74 Å². The Morgan fingerprint density at radius 3 is 2.78 bits per heavy atom. The van der Waals surface area contributed by atoms with Crippen molar-refractivity contribution in [3.05, 3.63) is 29.8 Å². The minimum absolute atomic E-state index is 0. The van der Waals surface area contributed by atoms with Crippen molar-refractivity contribution in [2.75, 3.05) is 26.2 Å². The Hall–Kier alpha value is -1.51. The summed E-state index contributed by atoms with van der Waals surface area (Å²) in [5.41, 5.74) is 0.378. The molecular formula is C14H18ClF3N2O3. The van der Waals surface area contributed by atoms with Gasteiger partial charge in [0.2, 0.25) is 5.91 Å². The Kier molecular flexibility index (Phi) is 7.60. The second-order valence-corrected chi connectivity index (χ2v) is 4.76. The fourth-order valence-corrected chi connectivity index (χ4v) is 2.10. The van der Waals surface area contributed by atoms with Gasteiger partial charge in [0.05, 0.1) is 6.61 Å². The Morgan fingerprint density at radius 2 is 2.13 bits per heavy atom. The van der Waals surface area contributed by atoms with Gasteiger partial charge in [0.25, 0.3) is 0 Å². The first kappa shape index (κ1) is 19.5. The zero-order valence-corrected chi connectivity index (χ0v) is 13.0. The van der Waals surface area contributed by atoms with Crippen LogP contribution in [0.25, 0.3) is 0 Å². The number of ether oxygens (including phenoxy) is 2. The third kappa shape index (κ3) is 6.64. The maximum absolute atomic E-state index is 12.3. The molecule has 1 heterocycles. The minimum Gasteiger partial charge on any atom is -0.406 e. The van der Waals surface area contributed by atoms with Crippen molar-refractivity contribution >= 4 is 18.3 Å². The van der Waals surface area contributed by atoms with E-state index in [0.29, 0.717) is 25.3 Å². The van der Waals surface area contributed by atoms with Crippen LogP contribution in [0, 0.1) is 0 Å². The summed E-state index contributed by atoms with van der Waals surface area (Å²) < 4.78 is 46.1. The Labute approximate surface area is 137 Å². The van der Waals surface area contributed by atoms with Crippen molar-refractivity contribution in [1.29, 1.82) is 0 Å². The van der Waals surface area contributed by atoms with Crippen LogP contribution >= 0.6 is 12.4 Å². The fourth-order valence-electron chi connectivity index (χ4n) is 2.10. The van der Waals surface area contributed by atoms with Crippen LogP contribution in [0.5, 0.6) is 5.75 Å². The number of hydrogen-bond acceptors (Lipinski definition) is 4. The summed E-state index contributed by atoms with van der Waals surface area (Å²) in [7, 11) is 0. The van der Waals surface area contributed by atoms with E-state index in [1.165, 1.54) is 18.2 Å². The van der Waals surface area contributed by atoms with Crippen LogP contribution in [0.2, 0.25) is 0 Å². The summed E-state index contributed by atoms with van der Waals surface area (Å²) in [6.45, 7) is 1.79. The number of rotatable bonds is 5. The molecule has 0 saturated carbocycles. The molecule has 2 rings (SSSR count). The van der Waals surface area contributed by atoms with Gasteiger partial charge in [-0.25, -0.2) is 0 Å². The number of nitrogens with one attached hydrogen (secondary N) is 2. The highest BCUT2D eigenvalue weighted by atomic mass is 35.5. The molecule has 1 unspecified atom stereocenters. The number of para-hydroxylation sites is 1. The van der Waals surface area contributed by atoms with E-state index < -0.39 is 12.5 Å². The van der Waals surface area contributed by atoms with Gasteiger partial charge in [-0.1, -0.05) is 18.2 Å². The highest BCUT2D eigenvalue weighted by Gasteiger charge is 2.32. The molecule has 1 amide bonds. The number of benzene rings is 1. The smallest absolute Gasteiger partial charge is 0.406 e. The lowest BCUT2D eigenvalue weighted by Crippen LogP contribution is -2.48. The average molecular weight is 355 g/mol. The summed E-state index contributed by atoms with van der Waals surface area (Å²) in [5.74, 6) is -0.527. The SMILES string of the molecule is Cl.O=C(NCCc1ccccc1OC(F)(F)F)C1CNCCO1. The van der Waals surface area contributed by atoms with Crippen molar-refractivity contribution in [3.8, 4) is 5.75 Å². The summed E-state index contributed by atoms with van der Waals surface area (Å²) in [5, 5.41) is 5.68. The highest BCUT2D eigenvalue weighted by molar-refractivity contribution is 5.85. The molecule has 1 aliphatic heterocycles. The zero-order chi connectivity index (χ0) is 16.0. The topological polar surface area (TPSA) is 59.6 Å². The van der Waals surface area contributed by atoms with Crippen molar-refractivity contribution in [1.82, 2.24) is 10.6 Å². The lowest BCUT2D eigenvalue weighted by molar-refractivity contribution is -0.274. The monoisotopic (exact) mass is 354 g/mol. The standard InChI is InChI=1S/C14H17F3N2O3.ClH/c15-14(16,17)22-11-4-2-1-3-10(11)5-6-19-13(20)12-9-18-7-8-21-12;/h1-4,12,18H,5-9H2,(H,19,20);1H. The molecule has 0 aliphatic carbocycles. The summed E-state index contributed by atoms with van der Waals surface area (Å²) in [6.07, 6.45) is -5.06. The second kappa shape index (κ2) is 8.95. The second-order valence-electron chi connectivity index (χ2n) is 4.76. The highest BCUT2D eigenvalue weighted by Crippen LogP contribution is 2.26. The van der Waals surface area contributed by atoms with Crippen LogP contribution in [0.4, 0.5) is 13.2 Å². The van der Waals surface area contributed by atoms with Gasteiger partial charge in [0.15, 0.2) is 0 Å².